The molecule has 0 saturated heterocycles. The minimum Gasteiger partial charge on any atom is -0.0915 e. The Morgan fingerprint density at radius 2 is 1.00 bits per heavy atom. The summed E-state index contributed by atoms with van der Waals surface area (Å²) in [6.45, 7) is 20.5. The van der Waals surface area contributed by atoms with Crippen molar-refractivity contribution < 1.29 is 0 Å². The monoisotopic (exact) mass is 268 g/mol. The molecule has 0 heterocycles. The van der Waals surface area contributed by atoms with E-state index < -0.39 is 14.1 Å². The van der Waals surface area contributed by atoms with E-state index in [0.29, 0.717) is 0 Å². The lowest BCUT2D eigenvalue weighted by Gasteiger charge is -2.17. The molecule has 0 spiro atoms. The first-order valence-corrected chi connectivity index (χ1v) is 10.2. The molecule has 0 aromatic rings. The van der Waals surface area contributed by atoms with E-state index in [1.165, 1.54) is 5.57 Å². The zero-order valence-electron chi connectivity index (χ0n) is 14.5. The molecule has 0 unspecified atom stereocenters. The van der Waals surface area contributed by atoms with E-state index in [9.17, 15) is 0 Å². The van der Waals surface area contributed by atoms with Crippen molar-refractivity contribution in [1.29, 1.82) is 0 Å². The van der Waals surface area contributed by atoms with Crippen LogP contribution in [0.3, 0.4) is 0 Å². The van der Waals surface area contributed by atoms with Gasteiger partial charge in [-0.2, -0.15) is 0 Å². The fraction of sp³-hybridized carbons (Fsp3) is 0.882. The van der Waals surface area contributed by atoms with Crippen molar-refractivity contribution in [2.75, 3.05) is 0 Å². The van der Waals surface area contributed by atoms with Gasteiger partial charge in [-0.1, -0.05) is 86.8 Å². The standard InChI is InChI=1S/C5H10.3C4H9.Al/c1-4-5(2)3;3*1-4(2)3;/h4H,1-3H3;3*4H,1H2,2-3H3;. The van der Waals surface area contributed by atoms with E-state index in [4.69, 9.17) is 0 Å². The third kappa shape index (κ3) is 18.6. The molecule has 0 aromatic carbocycles. The van der Waals surface area contributed by atoms with E-state index in [-0.39, 0.29) is 0 Å². The van der Waals surface area contributed by atoms with Crippen LogP contribution >= 0.6 is 0 Å². The fourth-order valence-electron chi connectivity index (χ4n) is 2.29. The molecule has 0 aliphatic heterocycles. The second kappa shape index (κ2) is 12.3. The maximum Gasteiger partial charge on any atom is 0.262 e. The molecule has 0 fully saturated rings. The van der Waals surface area contributed by atoms with Crippen LogP contribution in [0.5, 0.6) is 0 Å². The molecule has 0 saturated carbocycles. The maximum absolute atomic E-state index is 2.38. The molecule has 0 rings (SSSR count). The van der Waals surface area contributed by atoms with E-state index in [1.54, 1.807) is 15.8 Å². The Hall–Kier alpha value is 0.272. The predicted octanol–water partition coefficient (Wildman–Crippen LogP) is 6.42. The highest BCUT2D eigenvalue weighted by Gasteiger charge is 2.20. The smallest absolute Gasteiger partial charge is 0.0915 e. The molecule has 0 aliphatic rings. The molecule has 18 heavy (non-hydrogen) atoms. The molecule has 0 amide bonds. The molecule has 0 bridgehead atoms. The van der Waals surface area contributed by atoms with Crippen LogP contribution < -0.4 is 0 Å². The molecular formula is C17H37Al. The van der Waals surface area contributed by atoms with Crippen molar-refractivity contribution in [3.8, 4) is 0 Å². The molecule has 0 aliphatic carbocycles. The van der Waals surface area contributed by atoms with E-state index in [0.717, 1.165) is 17.8 Å². The SMILES string of the molecule is CC(C)[CH2][Al]([CH2]C(C)C)[CH2]C(C)C.CC=C(C)C. The minimum atomic E-state index is -0.407. The highest BCUT2D eigenvalue weighted by Crippen LogP contribution is 2.20. The van der Waals surface area contributed by atoms with Crippen LogP contribution in [0.2, 0.25) is 15.8 Å². The number of hydrogen-bond donors (Lipinski definition) is 0. The van der Waals surface area contributed by atoms with Gasteiger partial charge in [0.25, 0.3) is 14.1 Å². The molecule has 1 heteroatoms. The largest absolute Gasteiger partial charge is 0.262 e. The summed E-state index contributed by atoms with van der Waals surface area (Å²) in [6.07, 6.45) is 2.08. The van der Waals surface area contributed by atoms with Crippen LogP contribution in [-0.2, 0) is 0 Å². The Morgan fingerprint density at radius 3 is 1.11 bits per heavy atom. The summed E-state index contributed by atoms with van der Waals surface area (Å²) in [4.78, 5) is 0. The average molecular weight is 268 g/mol. The van der Waals surface area contributed by atoms with Gasteiger partial charge in [-0.3, -0.25) is 0 Å². The van der Waals surface area contributed by atoms with Gasteiger partial charge in [0, 0.05) is 0 Å². The van der Waals surface area contributed by atoms with Crippen LogP contribution in [-0.4, -0.2) is 14.1 Å². The Bertz CT molecular complexity index is 174. The Morgan fingerprint density at radius 1 is 0.778 bits per heavy atom. The third-order valence-electron chi connectivity index (χ3n) is 2.99. The highest BCUT2D eigenvalue weighted by atomic mass is 27.2. The summed E-state index contributed by atoms with van der Waals surface area (Å²) in [6, 6.07) is 0. The summed E-state index contributed by atoms with van der Waals surface area (Å²) in [5, 5.41) is 4.66. The quantitative estimate of drug-likeness (QED) is 0.385. The summed E-state index contributed by atoms with van der Waals surface area (Å²) < 4.78 is 0. The molecule has 0 nitrogen and oxygen atoms in total. The summed E-state index contributed by atoms with van der Waals surface area (Å²) in [5.74, 6) is 2.78. The average Bonchev–Trinajstić information content (AvgIpc) is 2.14. The maximum atomic E-state index is 2.38. The van der Waals surface area contributed by atoms with Crippen molar-refractivity contribution in [2.24, 2.45) is 17.8 Å². The fourth-order valence-corrected chi connectivity index (χ4v) is 6.87. The highest BCUT2D eigenvalue weighted by molar-refractivity contribution is 6.58. The molecule has 0 atom stereocenters. The second-order valence-electron chi connectivity index (χ2n) is 7.12. The summed E-state index contributed by atoms with van der Waals surface area (Å²) in [7, 11) is 0. The van der Waals surface area contributed by atoms with Crippen LogP contribution in [0.25, 0.3) is 0 Å². The number of hydrogen-bond acceptors (Lipinski definition) is 0. The van der Waals surface area contributed by atoms with Gasteiger partial charge in [-0.25, -0.2) is 0 Å². The third-order valence-corrected chi connectivity index (χ3v) is 7.82. The van der Waals surface area contributed by atoms with Crippen molar-refractivity contribution >= 4 is 14.1 Å². The summed E-state index contributed by atoms with van der Waals surface area (Å²) in [5.41, 5.74) is 1.38. The van der Waals surface area contributed by atoms with Gasteiger partial charge in [0.05, 0.1) is 0 Å². The van der Waals surface area contributed by atoms with Crippen molar-refractivity contribution in [3.63, 3.8) is 0 Å². The van der Waals surface area contributed by atoms with Gasteiger partial charge in [0.15, 0.2) is 0 Å². The normalized spacial score (nSPS) is 10.4. The van der Waals surface area contributed by atoms with Crippen LogP contribution in [0, 0.1) is 17.8 Å². The zero-order chi connectivity index (χ0) is 14.7. The van der Waals surface area contributed by atoms with Crippen molar-refractivity contribution in [2.45, 2.75) is 78.2 Å². The molecule has 108 valence electrons. The Balaban J connectivity index is 0. The van der Waals surface area contributed by atoms with Crippen molar-refractivity contribution in [3.05, 3.63) is 11.6 Å². The minimum absolute atomic E-state index is 0.407. The van der Waals surface area contributed by atoms with E-state index in [2.05, 4.69) is 61.5 Å². The van der Waals surface area contributed by atoms with E-state index >= 15 is 0 Å². The van der Waals surface area contributed by atoms with Crippen LogP contribution in [0.4, 0.5) is 0 Å². The molecule has 0 aromatic heterocycles. The number of allylic oxidation sites excluding steroid dienone is 2. The van der Waals surface area contributed by atoms with Gasteiger partial charge in [-0.05, 0) is 20.8 Å². The molecule has 0 N–H and O–H groups in total. The zero-order valence-corrected chi connectivity index (χ0v) is 15.7. The van der Waals surface area contributed by atoms with Gasteiger partial charge >= 0.3 is 0 Å². The lowest BCUT2D eigenvalue weighted by Crippen LogP contribution is -2.19. The second-order valence-corrected chi connectivity index (χ2v) is 10.3. The van der Waals surface area contributed by atoms with Crippen molar-refractivity contribution in [1.82, 2.24) is 0 Å². The number of rotatable bonds is 6. The lowest BCUT2D eigenvalue weighted by molar-refractivity contribution is 0.659. The van der Waals surface area contributed by atoms with E-state index in [1.807, 2.05) is 6.92 Å². The predicted molar refractivity (Wildman–Crippen MR) is 89.8 cm³/mol. The summed E-state index contributed by atoms with van der Waals surface area (Å²) >= 11 is -0.407. The first-order chi connectivity index (χ1) is 8.18. The van der Waals surface area contributed by atoms with Gasteiger partial charge < -0.3 is 0 Å². The molecule has 0 radical (unpaired) electrons. The van der Waals surface area contributed by atoms with Crippen LogP contribution in [0.15, 0.2) is 11.6 Å². The first-order valence-electron chi connectivity index (χ1n) is 7.78. The lowest BCUT2D eigenvalue weighted by atomic mass is 10.2. The van der Waals surface area contributed by atoms with Gasteiger partial charge in [-0.15, -0.1) is 0 Å². The topological polar surface area (TPSA) is 0 Å². The first kappa shape index (κ1) is 20.6. The molecular weight excluding hydrogens is 231 g/mol. The Kier molecular flexibility index (Phi) is 14.1. The van der Waals surface area contributed by atoms with Crippen LogP contribution in [0.1, 0.15) is 62.3 Å². The van der Waals surface area contributed by atoms with Gasteiger partial charge in [0.2, 0.25) is 0 Å². The van der Waals surface area contributed by atoms with Gasteiger partial charge in [0.1, 0.15) is 0 Å². The Labute approximate surface area is 122 Å².